The van der Waals surface area contributed by atoms with Crippen molar-refractivity contribution in [1.29, 1.82) is 0 Å². The van der Waals surface area contributed by atoms with Crippen LogP contribution in [-0.2, 0) is 0 Å². The van der Waals surface area contributed by atoms with E-state index in [0.717, 1.165) is 0 Å². The second kappa shape index (κ2) is 5.19. The number of rotatable bonds is 3. The molecule has 0 aromatic heterocycles. The van der Waals surface area contributed by atoms with Crippen molar-refractivity contribution in [2.75, 3.05) is 0 Å². The lowest BCUT2D eigenvalue weighted by Crippen LogP contribution is -2.50. The molecule has 0 aliphatic heterocycles. The molecule has 0 fully saturated rings. The molecule has 0 radical (unpaired) electrons. The molecule has 1 atom stereocenters. The van der Waals surface area contributed by atoms with Crippen LogP contribution in [0.5, 0.6) is 0 Å². The van der Waals surface area contributed by atoms with Gasteiger partial charge in [-0.2, -0.15) is 0 Å². The van der Waals surface area contributed by atoms with E-state index in [1.165, 1.54) is 5.56 Å². The number of hydrogen-bond donors (Lipinski definition) is 2. The van der Waals surface area contributed by atoms with Gasteiger partial charge in [-0.1, -0.05) is 51.1 Å². The minimum atomic E-state index is 0.0677. The Morgan fingerprint density at radius 1 is 0.882 bits per heavy atom. The minimum absolute atomic E-state index is 0.0677. The van der Waals surface area contributed by atoms with Gasteiger partial charge in [-0.15, -0.1) is 0 Å². The van der Waals surface area contributed by atoms with Gasteiger partial charge in [-0.3, -0.25) is 5.43 Å². The quantitative estimate of drug-likeness (QED) is 0.780. The molecule has 96 valence electrons. The lowest BCUT2D eigenvalue weighted by atomic mass is 9.83. The van der Waals surface area contributed by atoms with Gasteiger partial charge in [0.05, 0.1) is 6.04 Å². The maximum atomic E-state index is 3.47. The van der Waals surface area contributed by atoms with E-state index >= 15 is 0 Å². The van der Waals surface area contributed by atoms with E-state index in [1.54, 1.807) is 0 Å². The van der Waals surface area contributed by atoms with Crippen LogP contribution in [0.15, 0.2) is 30.3 Å². The first-order chi connectivity index (χ1) is 7.70. The monoisotopic (exact) mass is 234 g/mol. The van der Waals surface area contributed by atoms with Crippen LogP contribution in [0.2, 0.25) is 0 Å². The molecule has 2 heteroatoms. The Hall–Kier alpha value is -0.860. The molecule has 1 aromatic carbocycles. The third kappa shape index (κ3) is 4.88. The fraction of sp³-hybridized carbons (Fsp3) is 0.600. The van der Waals surface area contributed by atoms with Crippen molar-refractivity contribution in [2.45, 2.75) is 53.1 Å². The summed E-state index contributed by atoms with van der Waals surface area (Å²) in [4.78, 5) is 0. The van der Waals surface area contributed by atoms with Crippen LogP contribution in [0.25, 0.3) is 0 Å². The molecule has 0 amide bonds. The first kappa shape index (κ1) is 14.2. The number of hydrogen-bond acceptors (Lipinski definition) is 2. The lowest BCUT2D eigenvalue weighted by Gasteiger charge is -2.35. The van der Waals surface area contributed by atoms with Crippen LogP contribution in [0, 0.1) is 5.41 Å². The van der Waals surface area contributed by atoms with Gasteiger partial charge >= 0.3 is 0 Å². The number of nitrogens with one attached hydrogen (secondary N) is 2. The van der Waals surface area contributed by atoms with Crippen molar-refractivity contribution in [3.05, 3.63) is 35.9 Å². The van der Waals surface area contributed by atoms with Crippen LogP contribution in [0.3, 0.4) is 0 Å². The van der Waals surface area contributed by atoms with Crippen molar-refractivity contribution in [1.82, 2.24) is 10.9 Å². The Kier molecular flexibility index (Phi) is 4.34. The average molecular weight is 234 g/mol. The molecule has 0 aliphatic rings. The molecule has 0 bridgehead atoms. The van der Waals surface area contributed by atoms with Crippen LogP contribution >= 0.6 is 0 Å². The summed E-state index contributed by atoms with van der Waals surface area (Å²) in [6.45, 7) is 13.2. The average Bonchev–Trinajstić information content (AvgIpc) is 2.15. The Morgan fingerprint density at radius 3 is 1.82 bits per heavy atom. The molecule has 2 nitrogen and oxygen atoms in total. The van der Waals surface area contributed by atoms with Crippen LogP contribution in [0.4, 0.5) is 0 Å². The molecule has 1 unspecified atom stereocenters. The van der Waals surface area contributed by atoms with Crippen molar-refractivity contribution in [3.8, 4) is 0 Å². The highest BCUT2D eigenvalue weighted by Crippen LogP contribution is 2.32. The summed E-state index contributed by atoms with van der Waals surface area (Å²) >= 11 is 0. The first-order valence-corrected chi connectivity index (χ1v) is 6.28. The maximum absolute atomic E-state index is 3.47. The highest BCUT2D eigenvalue weighted by atomic mass is 15.4. The first-order valence-electron chi connectivity index (χ1n) is 6.28. The standard InChI is InChI=1S/C15H26N2/c1-14(2,3)13(16-17-15(4,5)6)12-10-8-7-9-11-12/h7-11,13,16-17H,1-6H3. The normalized spacial score (nSPS) is 14.7. The zero-order valence-electron chi connectivity index (χ0n) is 12.0. The minimum Gasteiger partial charge on any atom is -0.252 e. The predicted molar refractivity (Wildman–Crippen MR) is 74.7 cm³/mol. The molecule has 17 heavy (non-hydrogen) atoms. The molecule has 2 N–H and O–H groups in total. The Labute approximate surface area is 106 Å². The molecule has 0 spiro atoms. The highest BCUT2D eigenvalue weighted by Gasteiger charge is 2.26. The summed E-state index contributed by atoms with van der Waals surface area (Å²) in [6, 6.07) is 10.9. The van der Waals surface area contributed by atoms with Gasteiger partial charge in [0, 0.05) is 5.54 Å². The largest absolute Gasteiger partial charge is 0.252 e. The lowest BCUT2D eigenvalue weighted by molar-refractivity contribution is 0.212. The van der Waals surface area contributed by atoms with E-state index in [4.69, 9.17) is 0 Å². The number of hydrazine groups is 1. The zero-order valence-corrected chi connectivity index (χ0v) is 12.0. The summed E-state index contributed by atoms with van der Waals surface area (Å²) < 4.78 is 0. The van der Waals surface area contributed by atoms with Crippen LogP contribution in [-0.4, -0.2) is 5.54 Å². The van der Waals surface area contributed by atoms with Crippen molar-refractivity contribution in [3.63, 3.8) is 0 Å². The molecular weight excluding hydrogens is 208 g/mol. The Bertz CT molecular complexity index is 330. The third-order valence-corrected chi connectivity index (χ3v) is 2.59. The SMILES string of the molecule is CC(C)(C)NNC(c1ccccc1)C(C)(C)C. The fourth-order valence-electron chi connectivity index (χ4n) is 1.73. The van der Waals surface area contributed by atoms with Gasteiger partial charge in [-0.25, -0.2) is 5.43 Å². The summed E-state index contributed by atoms with van der Waals surface area (Å²) in [5.74, 6) is 0. The molecule has 0 saturated heterocycles. The third-order valence-electron chi connectivity index (χ3n) is 2.59. The Morgan fingerprint density at radius 2 is 1.41 bits per heavy atom. The molecule has 1 rings (SSSR count). The molecule has 0 aliphatic carbocycles. The smallest absolute Gasteiger partial charge is 0.0510 e. The summed E-state index contributed by atoms with van der Waals surface area (Å²) in [6.07, 6.45) is 0. The molecule has 0 saturated carbocycles. The van der Waals surface area contributed by atoms with Gasteiger partial charge in [0.2, 0.25) is 0 Å². The van der Waals surface area contributed by atoms with E-state index in [-0.39, 0.29) is 11.0 Å². The van der Waals surface area contributed by atoms with Gasteiger partial charge in [0.15, 0.2) is 0 Å². The van der Waals surface area contributed by atoms with Crippen LogP contribution < -0.4 is 10.9 Å². The topological polar surface area (TPSA) is 24.1 Å². The fourth-order valence-corrected chi connectivity index (χ4v) is 1.73. The summed E-state index contributed by atoms with van der Waals surface area (Å²) in [5.41, 5.74) is 8.39. The van der Waals surface area contributed by atoms with Crippen LogP contribution in [0.1, 0.15) is 53.1 Å². The van der Waals surface area contributed by atoms with Crippen molar-refractivity contribution >= 4 is 0 Å². The van der Waals surface area contributed by atoms with Gasteiger partial charge in [-0.05, 0) is 31.7 Å². The van der Waals surface area contributed by atoms with Crippen molar-refractivity contribution < 1.29 is 0 Å². The summed E-state index contributed by atoms with van der Waals surface area (Å²) in [5, 5.41) is 0. The maximum Gasteiger partial charge on any atom is 0.0510 e. The van der Waals surface area contributed by atoms with Crippen molar-refractivity contribution in [2.24, 2.45) is 5.41 Å². The second-order valence-corrected chi connectivity index (χ2v) is 6.73. The molecule has 0 heterocycles. The summed E-state index contributed by atoms with van der Waals surface area (Å²) in [7, 11) is 0. The molecular formula is C15H26N2. The van der Waals surface area contributed by atoms with E-state index in [0.29, 0.717) is 6.04 Å². The van der Waals surface area contributed by atoms with E-state index in [9.17, 15) is 0 Å². The highest BCUT2D eigenvalue weighted by molar-refractivity contribution is 5.20. The van der Waals surface area contributed by atoms with E-state index in [2.05, 4.69) is 82.7 Å². The zero-order chi connectivity index (χ0) is 13.1. The van der Waals surface area contributed by atoms with Gasteiger partial charge < -0.3 is 0 Å². The second-order valence-electron chi connectivity index (χ2n) is 6.73. The Balaban J connectivity index is 2.83. The van der Waals surface area contributed by atoms with E-state index in [1.807, 2.05) is 0 Å². The predicted octanol–water partition coefficient (Wildman–Crippen LogP) is 3.67. The number of benzene rings is 1. The molecule has 1 aromatic rings. The van der Waals surface area contributed by atoms with Gasteiger partial charge in [0.25, 0.3) is 0 Å². The van der Waals surface area contributed by atoms with E-state index < -0.39 is 0 Å². The van der Waals surface area contributed by atoms with Gasteiger partial charge in [0.1, 0.15) is 0 Å².